The zero-order valence-corrected chi connectivity index (χ0v) is 22.0. The molecule has 4 heterocycles. The van der Waals surface area contributed by atoms with Gasteiger partial charge in [0.1, 0.15) is 13.2 Å². The Labute approximate surface area is 221 Å². The van der Waals surface area contributed by atoms with Gasteiger partial charge in [-0.25, -0.2) is 0 Å². The Kier molecular flexibility index (Phi) is 6.96. The number of carbonyl (C=O) groups excluding carboxylic acids is 1. The van der Waals surface area contributed by atoms with Crippen molar-refractivity contribution in [2.75, 3.05) is 50.8 Å². The number of hydrogen-bond acceptors (Lipinski definition) is 6. The fourth-order valence-electron chi connectivity index (χ4n) is 5.65. The second-order valence-electron chi connectivity index (χ2n) is 10.1. The molecule has 1 aromatic heterocycles. The molecule has 190 valence electrons. The summed E-state index contributed by atoms with van der Waals surface area (Å²) in [5, 5.41) is 4.60. The Balaban J connectivity index is 1.12. The van der Waals surface area contributed by atoms with Gasteiger partial charge in [-0.05, 0) is 80.1 Å². The van der Waals surface area contributed by atoms with Gasteiger partial charge in [-0.15, -0.1) is 11.3 Å². The van der Waals surface area contributed by atoms with E-state index >= 15 is 0 Å². The van der Waals surface area contributed by atoms with Crippen molar-refractivity contribution in [2.45, 2.75) is 31.7 Å². The molecule has 0 spiro atoms. The van der Waals surface area contributed by atoms with Gasteiger partial charge in [-0.2, -0.15) is 0 Å². The van der Waals surface area contributed by atoms with E-state index in [0.29, 0.717) is 13.2 Å². The molecule has 6 nitrogen and oxygen atoms in total. The molecule has 36 heavy (non-hydrogen) atoms. The van der Waals surface area contributed by atoms with Crippen LogP contribution in [-0.2, 0) is 11.2 Å². The van der Waals surface area contributed by atoms with Crippen molar-refractivity contribution >= 4 is 44.6 Å². The van der Waals surface area contributed by atoms with E-state index < -0.39 is 0 Å². The minimum Gasteiger partial charge on any atom is -0.486 e. The SMILES string of the molecule is O=C(NC(Cc1ccc2c(c1)OCCO2)CN1CCCC1)C1CCN(c2ccc3cc(Cl)sc3c2)C1. The van der Waals surface area contributed by atoms with E-state index in [1.807, 2.05) is 12.1 Å². The van der Waals surface area contributed by atoms with E-state index in [-0.39, 0.29) is 17.9 Å². The maximum absolute atomic E-state index is 13.4. The summed E-state index contributed by atoms with van der Waals surface area (Å²) in [6.45, 7) is 5.91. The molecule has 2 aromatic carbocycles. The molecule has 3 aromatic rings. The largest absolute Gasteiger partial charge is 0.486 e. The Bertz CT molecular complexity index is 1240. The van der Waals surface area contributed by atoms with Crippen molar-refractivity contribution in [1.82, 2.24) is 10.2 Å². The molecular formula is C28H32ClN3O3S. The number of ether oxygens (including phenoxy) is 2. The predicted molar refractivity (Wildman–Crippen MR) is 146 cm³/mol. The lowest BCUT2D eigenvalue weighted by Gasteiger charge is -2.27. The van der Waals surface area contributed by atoms with Crippen LogP contribution in [-0.4, -0.2) is 62.8 Å². The van der Waals surface area contributed by atoms with Gasteiger partial charge >= 0.3 is 0 Å². The highest BCUT2D eigenvalue weighted by atomic mass is 35.5. The lowest BCUT2D eigenvalue weighted by molar-refractivity contribution is -0.125. The first kappa shape index (κ1) is 23.9. The molecule has 0 bridgehead atoms. The Morgan fingerprint density at radius 2 is 1.89 bits per heavy atom. The predicted octanol–water partition coefficient (Wildman–Crippen LogP) is 4.98. The van der Waals surface area contributed by atoms with E-state index in [4.69, 9.17) is 21.1 Å². The molecule has 0 aliphatic carbocycles. The van der Waals surface area contributed by atoms with Crippen LogP contribution in [0.5, 0.6) is 11.5 Å². The van der Waals surface area contributed by atoms with Gasteiger partial charge < -0.3 is 24.6 Å². The van der Waals surface area contributed by atoms with Crippen molar-refractivity contribution in [1.29, 1.82) is 0 Å². The topological polar surface area (TPSA) is 54.0 Å². The number of hydrogen-bond donors (Lipinski definition) is 1. The van der Waals surface area contributed by atoms with Crippen LogP contribution >= 0.6 is 22.9 Å². The average Bonchev–Trinajstić information content (AvgIpc) is 3.64. The summed E-state index contributed by atoms with van der Waals surface area (Å²) >= 11 is 7.80. The summed E-state index contributed by atoms with van der Waals surface area (Å²) in [6, 6.07) is 14.7. The van der Waals surface area contributed by atoms with Gasteiger partial charge in [0.05, 0.1) is 10.3 Å². The molecule has 6 rings (SSSR count). The lowest BCUT2D eigenvalue weighted by atomic mass is 10.0. The zero-order chi connectivity index (χ0) is 24.5. The number of nitrogens with one attached hydrogen (secondary N) is 1. The molecule has 3 aliphatic rings. The van der Waals surface area contributed by atoms with Gasteiger partial charge in [0, 0.05) is 36.1 Å². The molecule has 8 heteroatoms. The number of nitrogens with zero attached hydrogens (tertiary/aromatic N) is 2. The van der Waals surface area contributed by atoms with Crippen LogP contribution in [0.25, 0.3) is 10.1 Å². The highest BCUT2D eigenvalue weighted by Crippen LogP contribution is 2.34. The quantitative estimate of drug-likeness (QED) is 0.472. The molecule has 3 aliphatic heterocycles. The number of carbonyl (C=O) groups is 1. The van der Waals surface area contributed by atoms with Crippen LogP contribution in [0.4, 0.5) is 5.69 Å². The van der Waals surface area contributed by atoms with E-state index in [0.717, 1.165) is 61.4 Å². The highest BCUT2D eigenvalue weighted by molar-refractivity contribution is 7.22. The minimum absolute atomic E-state index is 0.00559. The Morgan fingerprint density at radius 3 is 2.75 bits per heavy atom. The number of anilines is 1. The van der Waals surface area contributed by atoms with Crippen LogP contribution in [0.1, 0.15) is 24.8 Å². The maximum Gasteiger partial charge on any atom is 0.225 e. The third-order valence-electron chi connectivity index (χ3n) is 7.51. The van der Waals surface area contributed by atoms with Crippen molar-refractivity contribution in [2.24, 2.45) is 5.92 Å². The fraction of sp³-hybridized carbons (Fsp3) is 0.464. The first-order valence-corrected chi connectivity index (χ1v) is 14.2. The normalized spacial score (nSPS) is 20.7. The number of halogens is 1. The van der Waals surface area contributed by atoms with Crippen LogP contribution in [0.15, 0.2) is 42.5 Å². The second kappa shape index (κ2) is 10.5. The van der Waals surface area contributed by atoms with Crippen LogP contribution in [0.2, 0.25) is 4.34 Å². The summed E-state index contributed by atoms with van der Waals surface area (Å²) in [7, 11) is 0. The number of benzene rings is 2. The molecule has 0 radical (unpaired) electrons. The van der Waals surface area contributed by atoms with Crippen LogP contribution in [0.3, 0.4) is 0 Å². The molecule has 0 saturated carbocycles. The van der Waals surface area contributed by atoms with Crippen molar-refractivity contribution in [3.63, 3.8) is 0 Å². The minimum atomic E-state index is -0.00559. The van der Waals surface area contributed by atoms with E-state index in [9.17, 15) is 4.79 Å². The number of amides is 1. The lowest BCUT2D eigenvalue weighted by Crippen LogP contribution is -2.46. The molecular weight excluding hydrogens is 494 g/mol. The summed E-state index contributed by atoms with van der Waals surface area (Å²) < 4.78 is 13.5. The van der Waals surface area contributed by atoms with E-state index in [1.54, 1.807) is 11.3 Å². The third-order valence-corrected chi connectivity index (χ3v) is 8.74. The highest BCUT2D eigenvalue weighted by Gasteiger charge is 2.31. The second-order valence-corrected chi connectivity index (χ2v) is 11.8. The number of likely N-dealkylation sites (tertiary alicyclic amines) is 1. The Hall–Kier alpha value is -2.48. The summed E-state index contributed by atoms with van der Waals surface area (Å²) in [4.78, 5) is 18.2. The van der Waals surface area contributed by atoms with Gasteiger partial charge in [0.15, 0.2) is 11.5 Å². The van der Waals surface area contributed by atoms with Crippen LogP contribution in [0, 0.1) is 5.92 Å². The van der Waals surface area contributed by atoms with E-state index in [2.05, 4.69) is 45.4 Å². The summed E-state index contributed by atoms with van der Waals surface area (Å²) in [6.07, 6.45) is 4.13. The van der Waals surface area contributed by atoms with E-state index in [1.165, 1.54) is 34.2 Å². The summed E-state index contributed by atoms with van der Waals surface area (Å²) in [5.41, 5.74) is 2.33. The van der Waals surface area contributed by atoms with Crippen molar-refractivity contribution in [3.05, 3.63) is 52.4 Å². The first-order chi connectivity index (χ1) is 17.6. The van der Waals surface area contributed by atoms with Gasteiger partial charge in [0.2, 0.25) is 5.91 Å². The van der Waals surface area contributed by atoms with Crippen molar-refractivity contribution in [3.8, 4) is 11.5 Å². The molecule has 2 fully saturated rings. The molecule has 2 unspecified atom stereocenters. The number of fused-ring (bicyclic) bond motifs is 2. The average molecular weight is 526 g/mol. The van der Waals surface area contributed by atoms with Crippen molar-refractivity contribution < 1.29 is 14.3 Å². The maximum atomic E-state index is 13.4. The number of rotatable bonds is 7. The Morgan fingerprint density at radius 1 is 1.06 bits per heavy atom. The van der Waals surface area contributed by atoms with Gasteiger partial charge in [-0.1, -0.05) is 23.7 Å². The van der Waals surface area contributed by atoms with Crippen LogP contribution < -0.4 is 19.7 Å². The molecule has 1 amide bonds. The van der Waals surface area contributed by atoms with Gasteiger partial charge in [-0.3, -0.25) is 4.79 Å². The zero-order valence-electron chi connectivity index (χ0n) is 20.4. The smallest absolute Gasteiger partial charge is 0.225 e. The monoisotopic (exact) mass is 525 g/mol. The third kappa shape index (κ3) is 5.29. The first-order valence-electron chi connectivity index (χ1n) is 13.0. The summed E-state index contributed by atoms with van der Waals surface area (Å²) in [5.74, 6) is 1.77. The standard InChI is InChI=1S/C28H32ClN3O3S/c29-27-15-20-4-5-23(16-26(20)36-27)32-10-7-21(17-32)28(33)30-22(18-31-8-1-2-9-31)13-19-3-6-24-25(14-19)35-12-11-34-24/h3-6,14-16,21-22H,1-2,7-13,17-18H2,(H,30,33). The fourth-order valence-corrected chi connectivity index (χ4v) is 6.84. The molecule has 2 saturated heterocycles. The molecule has 1 N–H and O–H groups in total. The molecule has 2 atom stereocenters. The number of thiophene rings is 1. The van der Waals surface area contributed by atoms with Gasteiger partial charge in [0.25, 0.3) is 0 Å².